The van der Waals surface area contributed by atoms with Gasteiger partial charge in [-0.2, -0.15) is 0 Å². The van der Waals surface area contributed by atoms with Crippen molar-refractivity contribution < 1.29 is 9.90 Å². The molecule has 0 saturated carbocycles. The van der Waals surface area contributed by atoms with E-state index in [9.17, 15) is 4.79 Å². The highest BCUT2D eigenvalue weighted by Crippen LogP contribution is 2.25. The molecule has 0 fully saturated rings. The number of hydrogen-bond donors (Lipinski definition) is 2. The highest BCUT2D eigenvalue weighted by Gasteiger charge is 2.15. The first-order valence-electron chi connectivity index (χ1n) is 5.60. The molecule has 0 radical (unpaired) electrons. The van der Waals surface area contributed by atoms with Crippen molar-refractivity contribution in [2.24, 2.45) is 5.92 Å². The van der Waals surface area contributed by atoms with Gasteiger partial charge >= 0.3 is 5.97 Å². The number of carboxylic acids is 1. The molecule has 0 aliphatic rings. The van der Waals surface area contributed by atoms with Gasteiger partial charge in [-0.1, -0.05) is 19.9 Å². The fraction of sp³-hybridized carbons (Fsp3) is 0.583. The summed E-state index contributed by atoms with van der Waals surface area (Å²) in [6.45, 7) is 5.11. The largest absolute Gasteiger partial charge is 0.481 e. The van der Waals surface area contributed by atoms with Crippen LogP contribution in [0.15, 0.2) is 17.5 Å². The molecule has 1 unspecified atom stereocenters. The summed E-state index contributed by atoms with van der Waals surface area (Å²) in [5.74, 6) is -0.206. The highest BCUT2D eigenvalue weighted by molar-refractivity contribution is 7.10. The van der Waals surface area contributed by atoms with E-state index in [0.29, 0.717) is 18.4 Å². The van der Waals surface area contributed by atoms with Crippen molar-refractivity contribution in [2.75, 3.05) is 6.54 Å². The highest BCUT2D eigenvalue weighted by atomic mass is 32.1. The maximum absolute atomic E-state index is 10.4. The first kappa shape index (κ1) is 13.2. The number of hydrogen-bond acceptors (Lipinski definition) is 3. The second-order valence-electron chi connectivity index (χ2n) is 4.19. The number of carboxylic acid groups (broad SMARTS) is 1. The zero-order valence-electron chi connectivity index (χ0n) is 9.77. The smallest absolute Gasteiger partial charge is 0.303 e. The first-order chi connectivity index (χ1) is 7.61. The van der Waals surface area contributed by atoms with Crippen molar-refractivity contribution in [3.8, 4) is 0 Å². The minimum absolute atomic E-state index is 0.238. The number of aliphatic carboxylic acids is 1. The lowest BCUT2D eigenvalue weighted by atomic mass is 10.0. The predicted octanol–water partition coefficient (Wildman–Crippen LogP) is 2.90. The molecule has 16 heavy (non-hydrogen) atoms. The number of nitrogens with one attached hydrogen (secondary N) is 1. The molecule has 0 aliphatic carbocycles. The molecule has 90 valence electrons. The summed E-state index contributed by atoms with van der Waals surface area (Å²) in [6, 6.07) is 4.52. The summed E-state index contributed by atoms with van der Waals surface area (Å²) in [4.78, 5) is 11.7. The number of rotatable bonds is 7. The molecule has 1 rings (SSSR count). The molecule has 3 nitrogen and oxygen atoms in total. The van der Waals surface area contributed by atoms with E-state index in [1.54, 1.807) is 11.3 Å². The van der Waals surface area contributed by atoms with E-state index in [2.05, 4.69) is 30.6 Å². The SMILES string of the molecule is CC(C)C(NCCCC(=O)O)c1cccs1. The van der Waals surface area contributed by atoms with Crippen LogP contribution in [-0.2, 0) is 4.79 Å². The quantitative estimate of drug-likeness (QED) is 0.722. The number of carbonyl (C=O) groups is 1. The molecule has 2 N–H and O–H groups in total. The van der Waals surface area contributed by atoms with Crippen LogP contribution in [0.2, 0.25) is 0 Å². The van der Waals surface area contributed by atoms with Gasteiger partial charge in [0.1, 0.15) is 0 Å². The third kappa shape index (κ3) is 4.33. The van der Waals surface area contributed by atoms with Gasteiger partial charge in [0.25, 0.3) is 0 Å². The van der Waals surface area contributed by atoms with Crippen molar-refractivity contribution in [3.05, 3.63) is 22.4 Å². The lowest BCUT2D eigenvalue weighted by molar-refractivity contribution is -0.137. The Hall–Kier alpha value is -0.870. The Morgan fingerprint density at radius 3 is 2.81 bits per heavy atom. The lowest BCUT2D eigenvalue weighted by Gasteiger charge is -2.21. The van der Waals surface area contributed by atoms with E-state index in [-0.39, 0.29) is 6.42 Å². The summed E-state index contributed by atoms with van der Waals surface area (Å²) in [6.07, 6.45) is 0.923. The Labute approximate surface area is 100 Å². The molecule has 0 amide bonds. The molecule has 1 aromatic rings. The van der Waals surface area contributed by atoms with Crippen LogP contribution in [0.1, 0.15) is 37.6 Å². The van der Waals surface area contributed by atoms with Gasteiger partial charge in [0.05, 0.1) is 0 Å². The van der Waals surface area contributed by atoms with Crippen LogP contribution in [0.5, 0.6) is 0 Å². The maximum atomic E-state index is 10.4. The zero-order valence-corrected chi connectivity index (χ0v) is 10.6. The molecular weight excluding hydrogens is 222 g/mol. The Kier molecular flexibility index (Phi) is 5.49. The van der Waals surface area contributed by atoms with Crippen LogP contribution >= 0.6 is 11.3 Å². The van der Waals surface area contributed by atoms with Crippen molar-refractivity contribution in [1.82, 2.24) is 5.32 Å². The van der Waals surface area contributed by atoms with Gasteiger partial charge in [0.15, 0.2) is 0 Å². The van der Waals surface area contributed by atoms with Gasteiger partial charge in [0.2, 0.25) is 0 Å². The third-order valence-corrected chi connectivity index (χ3v) is 3.40. The van der Waals surface area contributed by atoms with E-state index in [1.807, 2.05) is 6.07 Å². The zero-order chi connectivity index (χ0) is 12.0. The fourth-order valence-corrected chi connectivity index (χ4v) is 2.60. The second kappa shape index (κ2) is 6.66. The first-order valence-corrected chi connectivity index (χ1v) is 6.48. The molecule has 0 aromatic carbocycles. The molecule has 1 aromatic heterocycles. The molecule has 0 saturated heterocycles. The molecule has 0 spiro atoms. The van der Waals surface area contributed by atoms with E-state index in [1.165, 1.54) is 4.88 Å². The molecule has 0 bridgehead atoms. The molecule has 4 heteroatoms. The van der Waals surface area contributed by atoms with E-state index < -0.39 is 5.97 Å². The topological polar surface area (TPSA) is 49.3 Å². The van der Waals surface area contributed by atoms with Gasteiger partial charge in [0, 0.05) is 17.3 Å². The Morgan fingerprint density at radius 1 is 1.56 bits per heavy atom. The lowest BCUT2D eigenvalue weighted by Crippen LogP contribution is -2.26. The van der Waals surface area contributed by atoms with Gasteiger partial charge < -0.3 is 10.4 Å². The Balaban J connectivity index is 2.38. The van der Waals surface area contributed by atoms with Crippen LogP contribution in [0.4, 0.5) is 0 Å². The monoisotopic (exact) mass is 241 g/mol. The van der Waals surface area contributed by atoms with Crippen molar-refractivity contribution in [3.63, 3.8) is 0 Å². The Morgan fingerprint density at radius 2 is 2.31 bits per heavy atom. The van der Waals surface area contributed by atoms with Crippen LogP contribution in [0, 0.1) is 5.92 Å². The third-order valence-electron chi connectivity index (χ3n) is 2.45. The summed E-state index contributed by atoms with van der Waals surface area (Å²) >= 11 is 1.74. The molecule has 1 atom stereocenters. The number of thiophene rings is 1. The van der Waals surface area contributed by atoms with E-state index in [4.69, 9.17) is 5.11 Å². The standard InChI is InChI=1S/C12H19NO2S/c1-9(2)12(10-5-4-8-16-10)13-7-3-6-11(14)15/h4-5,8-9,12-13H,3,6-7H2,1-2H3,(H,14,15). The van der Waals surface area contributed by atoms with Gasteiger partial charge in [-0.25, -0.2) is 0 Å². The minimum atomic E-state index is -0.723. The summed E-state index contributed by atoms with van der Waals surface area (Å²) < 4.78 is 0. The van der Waals surface area contributed by atoms with Crippen LogP contribution in [0.25, 0.3) is 0 Å². The molecular formula is C12H19NO2S. The maximum Gasteiger partial charge on any atom is 0.303 e. The molecule has 1 heterocycles. The average molecular weight is 241 g/mol. The van der Waals surface area contributed by atoms with Gasteiger partial charge in [-0.3, -0.25) is 4.79 Å². The van der Waals surface area contributed by atoms with Crippen LogP contribution in [0.3, 0.4) is 0 Å². The van der Waals surface area contributed by atoms with Crippen molar-refractivity contribution >= 4 is 17.3 Å². The van der Waals surface area contributed by atoms with E-state index in [0.717, 1.165) is 6.54 Å². The van der Waals surface area contributed by atoms with Gasteiger partial charge in [-0.05, 0) is 30.3 Å². The van der Waals surface area contributed by atoms with Crippen LogP contribution in [-0.4, -0.2) is 17.6 Å². The second-order valence-corrected chi connectivity index (χ2v) is 5.17. The normalized spacial score (nSPS) is 12.9. The fourth-order valence-electron chi connectivity index (χ4n) is 1.63. The Bertz CT molecular complexity index is 309. The van der Waals surface area contributed by atoms with Crippen LogP contribution < -0.4 is 5.32 Å². The van der Waals surface area contributed by atoms with E-state index >= 15 is 0 Å². The average Bonchev–Trinajstić information content (AvgIpc) is 2.69. The predicted molar refractivity (Wildman–Crippen MR) is 66.8 cm³/mol. The summed E-state index contributed by atoms with van der Waals surface area (Å²) in [5.41, 5.74) is 0. The molecule has 0 aliphatic heterocycles. The summed E-state index contributed by atoms with van der Waals surface area (Å²) in [7, 11) is 0. The van der Waals surface area contributed by atoms with Crippen molar-refractivity contribution in [2.45, 2.75) is 32.7 Å². The van der Waals surface area contributed by atoms with Crippen molar-refractivity contribution in [1.29, 1.82) is 0 Å². The minimum Gasteiger partial charge on any atom is -0.481 e. The van der Waals surface area contributed by atoms with Gasteiger partial charge in [-0.15, -0.1) is 11.3 Å². The summed E-state index contributed by atoms with van der Waals surface area (Å²) in [5, 5.41) is 14.0.